The third-order valence-electron chi connectivity index (χ3n) is 4.05. The molecule has 1 heterocycles. The summed E-state index contributed by atoms with van der Waals surface area (Å²) in [5, 5.41) is 3.80. The van der Waals surface area contributed by atoms with Crippen LogP contribution in [0.3, 0.4) is 0 Å². The van der Waals surface area contributed by atoms with Crippen molar-refractivity contribution in [1.29, 1.82) is 0 Å². The molecule has 17 heavy (non-hydrogen) atoms. The van der Waals surface area contributed by atoms with Gasteiger partial charge in [0, 0.05) is 25.2 Å². The van der Waals surface area contributed by atoms with E-state index >= 15 is 0 Å². The summed E-state index contributed by atoms with van der Waals surface area (Å²) in [5.74, 6) is 0.726. The van der Waals surface area contributed by atoms with Crippen molar-refractivity contribution >= 4 is 5.91 Å². The normalized spacial score (nSPS) is 24.8. The van der Waals surface area contributed by atoms with Gasteiger partial charge < -0.3 is 11.1 Å². The summed E-state index contributed by atoms with van der Waals surface area (Å²) in [6, 6.07) is 1.37. The molecular formula is C13H25N3O. The average molecular weight is 239 g/mol. The molecule has 0 aromatic heterocycles. The van der Waals surface area contributed by atoms with Gasteiger partial charge in [-0.2, -0.15) is 0 Å². The Bertz CT molecular complexity index is 257. The van der Waals surface area contributed by atoms with Crippen LogP contribution in [0.2, 0.25) is 0 Å². The summed E-state index contributed by atoms with van der Waals surface area (Å²) in [4.78, 5) is 13.0. The van der Waals surface area contributed by atoms with Crippen LogP contribution >= 0.6 is 0 Å². The van der Waals surface area contributed by atoms with Crippen molar-refractivity contribution in [1.82, 2.24) is 10.2 Å². The predicted octanol–water partition coefficient (Wildman–Crippen LogP) is 0.714. The van der Waals surface area contributed by atoms with Gasteiger partial charge in [-0.25, -0.2) is 0 Å². The number of carbonyl (C=O) groups excluding carboxylic acids is 1. The quantitative estimate of drug-likeness (QED) is 0.718. The Morgan fingerprint density at radius 1 is 1.35 bits per heavy atom. The zero-order chi connectivity index (χ0) is 12.3. The van der Waals surface area contributed by atoms with Crippen LogP contribution in [0.4, 0.5) is 0 Å². The zero-order valence-corrected chi connectivity index (χ0v) is 10.8. The van der Waals surface area contributed by atoms with Gasteiger partial charge in [-0.1, -0.05) is 6.92 Å². The minimum atomic E-state index is -0.208. The third kappa shape index (κ3) is 3.96. The molecule has 4 heteroatoms. The number of amides is 1. The molecule has 1 atom stereocenters. The Labute approximate surface area is 104 Å². The predicted molar refractivity (Wildman–Crippen MR) is 68.6 cm³/mol. The molecule has 1 saturated heterocycles. The summed E-state index contributed by atoms with van der Waals surface area (Å²) < 4.78 is 0. The summed E-state index contributed by atoms with van der Waals surface area (Å²) in [5.41, 5.74) is 5.21. The van der Waals surface area contributed by atoms with Crippen LogP contribution in [-0.4, -0.2) is 42.5 Å². The number of piperidine rings is 1. The van der Waals surface area contributed by atoms with Crippen molar-refractivity contribution in [3.63, 3.8) is 0 Å². The molecule has 0 bridgehead atoms. The maximum atomic E-state index is 10.8. The highest BCUT2D eigenvalue weighted by molar-refractivity contribution is 5.75. The minimum absolute atomic E-state index is 0.208. The Morgan fingerprint density at radius 3 is 2.47 bits per heavy atom. The highest BCUT2D eigenvalue weighted by Crippen LogP contribution is 2.34. The average Bonchev–Trinajstić information content (AvgIpc) is 3.11. The lowest BCUT2D eigenvalue weighted by atomic mass is 10.0. The van der Waals surface area contributed by atoms with Crippen LogP contribution in [0, 0.1) is 5.92 Å². The summed E-state index contributed by atoms with van der Waals surface area (Å²) >= 11 is 0. The van der Waals surface area contributed by atoms with E-state index in [1.807, 2.05) is 0 Å². The monoisotopic (exact) mass is 239 g/mol. The van der Waals surface area contributed by atoms with Gasteiger partial charge in [0.15, 0.2) is 0 Å². The topological polar surface area (TPSA) is 58.4 Å². The van der Waals surface area contributed by atoms with E-state index in [-0.39, 0.29) is 5.91 Å². The van der Waals surface area contributed by atoms with Crippen molar-refractivity contribution in [3.05, 3.63) is 0 Å². The molecule has 4 nitrogen and oxygen atoms in total. The van der Waals surface area contributed by atoms with Crippen molar-refractivity contribution in [2.24, 2.45) is 11.7 Å². The maximum absolute atomic E-state index is 10.8. The van der Waals surface area contributed by atoms with Crippen LogP contribution in [0.15, 0.2) is 0 Å². The lowest BCUT2D eigenvalue weighted by Crippen LogP contribution is -2.48. The Morgan fingerprint density at radius 2 is 2.00 bits per heavy atom. The van der Waals surface area contributed by atoms with E-state index in [1.54, 1.807) is 0 Å². The Balaban J connectivity index is 1.69. The lowest BCUT2D eigenvalue weighted by molar-refractivity contribution is -0.119. The molecule has 0 radical (unpaired) electrons. The molecule has 98 valence electrons. The van der Waals surface area contributed by atoms with E-state index in [2.05, 4.69) is 17.1 Å². The first-order valence-electron chi connectivity index (χ1n) is 6.95. The number of nitrogens with one attached hydrogen (secondary N) is 1. The van der Waals surface area contributed by atoms with E-state index in [0.717, 1.165) is 37.9 Å². The highest BCUT2D eigenvalue weighted by Gasteiger charge is 2.32. The fourth-order valence-corrected chi connectivity index (χ4v) is 2.87. The van der Waals surface area contributed by atoms with Gasteiger partial charge in [0.05, 0.1) is 6.54 Å². The number of rotatable bonds is 6. The van der Waals surface area contributed by atoms with Crippen LogP contribution in [0.25, 0.3) is 0 Å². The molecule has 1 aliphatic heterocycles. The number of likely N-dealkylation sites (tertiary alicyclic amines) is 1. The maximum Gasteiger partial charge on any atom is 0.231 e. The summed E-state index contributed by atoms with van der Waals surface area (Å²) in [6.45, 7) is 4.70. The summed E-state index contributed by atoms with van der Waals surface area (Å²) in [7, 11) is 0. The third-order valence-corrected chi connectivity index (χ3v) is 4.05. The first-order valence-corrected chi connectivity index (χ1v) is 6.95. The number of primary amides is 1. The number of hydrogen-bond acceptors (Lipinski definition) is 3. The molecule has 1 amide bonds. The van der Waals surface area contributed by atoms with E-state index < -0.39 is 0 Å². The molecule has 0 spiro atoms. The standard InChI is InChI=1S/C13H25N3O/c1-2-12(10-3-4-10)15-11-5-7-16(8-6-11)9-13(14)17/h10-12,15H,2-9H2,1H3,(H2,14,17). The SMILES string of the molecule is CCC(NC1CCN(CC(N)=O)CC1)C1CC1. The van der Waals surface area contributed by atoms with E-state index in [9.17, 15) is 4.79 Å². The highest BCUT2D eigenvalue weighted by atomic mass is 16.1. The van der Waals surface area contributed by atoms with Gasteiger partial charge in [0.2, 0.25) is 5.91 Å². The van der Waals surface area contributed by atoms with Crippen molar-refractivity contribution in [3.8, 4) is 0 Å². The number of hydrogen-bond donors (Lipinski definition) is 2. The molecule has 2 aliphatic rings. The van der Waals surface area contributed by atoms with Gasteiger partial charge >= 0.3 is 0 Å². The van der Waals surface area contributed by atoms with Crippen molar-refractivity contribution in [2.75, 3.05) is 19.6 Å². The zero-order valence-electron chi connectivity index (χ0n) is 10.8. The molecule has 2 rings (SSSR count). The van der Waals surface area contributed by atoms with Crippen LogP contribution in [-0.2, 0) is 4.79 Å². The van der Waals surface area contributed by atoms with Gasteiger partial charge in [-0.15, -0.1) is 0 Å². The molecule has 2 fully saturated rings. The molecule has 3 N–H and O–H groups in total. The molecule has 0 aromatic rings. The van der Waals surface area contributed by atoms with Gasteiger partial charge in [-0.05, 0) is 38.0 Å². The first kappa shape index (κ1) is 12.8. The second-order valence-electron chi connectivity index (χ2n) is 5.54. The second-order valence-corrected chi connectivity index (χ2v) is 5.54. The Hall–Kier alpha value is -0.610. The summed E-state index contributed by atoms with van der Waals surface area (Å²) in [6.07, 6.45) is 6.36. The van der Waals surface area contributed by atoms with Crippen molar-refractivity contribution in [2.45, 2.75) is 51.1 Å². The van der Waals surface area contributed by atoms with Gasteiger partial charge in [0.1, 0.15) is 0 Å². The van der Waals surface area contributed by atoms with Crippen LogP contribution in [0.1, 0.15) is 39.0 Å². The van der Waals surface area contributed by atoms with E-state index in [0.29, 0.717) is 12.6 Å². The fraction of sp³-hybridized carbons (Fsp3) is 0.923. The van der Waals surface area contributed by atoms with Crippen LogP contribution in [0.5, 0.6) is 0 Å². The lowest BCUT2D eigenvalue weighted by Gasteiger charge is -2.34. The Kier molecular flexibility index (Phi) is 4.40. The van der Waals surface area contributed by atoms with Crippen LogP contribution < -0.4 is 11.1 Å². The molecule has 1 saturated carbocycles. The first-order chi connectivity index (χ1) is 8.19. The molecule has 1 aliphatic carbocycles. The van der Waals surface area contributed by atoms with E-state index in [1.165, 1.54) is 19.3 Å². The minimum Gasteiger partial charge on any atom is -0.369 e. The molecular weight excluding hydrogens is 214 g/mol. The fourth-order valence-electron chi connectivity index (χ4n) is 2.87. The van der Waals surface area contributed by atoms with Gasteiger partial charge in [-0.3, -0.25) is 9.69 Å². The smallest absolute Gasteiger partial charge is 0.231 e. The van der Waals surface area contributed by atoms with Gasteiger partial charge in [0.25, 0.3) is 0 Å². The van der Waals surface area contributed by atoms with Crippen molar-refractivity contribution < 1.29 is 4.79 Å². The molecule has 1 unspecified atom stereocenters. The largest absolute Gasteiger partial charge is 0.369 e. The second kappa shape index (κ2) is 5.83. The number of nitrogens with two attached hydrogens (primary N) is 1. The molecule has 0 aromatic carbocycles. The van der Waals surface area contributed by atoms with E-state index in [4.69, 9.17) is 5.73 Å². The number of carbonyl (C=O) groups is 1. The number of nitrogens with zero attached hydrogens (tertiary/aromatic N) is 1.